The van der Waals surface area contributed by atoms with Crippen LogP contribution in [0.15, 0.2) is 12.4 Å². The summed E-state index contributed by atoms with van der Waals surface area (Å²) in [5, 5.41) is 4.66. The maximum atomic E-state index is 12.4. The van der Waals surface area contributed by atoms with E-state index < -0.39 is 0 Å². The van der Waals surface area contributed by atoms with Gasteiger partial charge in [-0.3, -0.25) is 14.3 Å². The van der Waals surface area contributed by atoms with Crippen LogP contribution in [0.25, 0.3) is 0 Å². The first-order chi connectivity index (χ1) is 10.5. The number of esters is 1. The van der Waals surface area contributed by atoms with Crippen molar-refractivity contribution in [1.82, 2.24) is 14.7 Å². The minimum Gasteiger partial charge on any atom is -0.466 e. The van der Waals surface area contributed by atoms with E-state index in [-0.39, 0.29) is 23.7 Å². The van der Waals surface area contributed by atoms with Gasteiger partial charge in [-0.25, -0.2) is 0 Å². The number of hydrogen-bond acceptors (Lipinski definition) is 4. The summed E-state index contributed by atoms with van der Waals surface area (Å²) in [6.45, 7) is 5.80. The van der Waals surface area contributed by atoms with E-state index in [1.54, 1.807) is 24.0 Å². The molecule has 1 aliphatic rings. The summed E-state index contributed by atoms with van der Waals surface area (Å²) in [6.07, 6.45) is 4.61. The number of likely N-dealkylation sites (tertiary alicyclic amines) is 1. The highest BCUT2D eigenvalue weighted by Gasteiger charge is 2.30. The Kier molecular flexibility index (Phi) is 5.83. The monoisotopic (exact) mass is 327 g/mol. The van der Waals surface area contributed by atoms with Gasteiger partial charge in [-0.05, 0) is 19.8 Å². The number of halogens is 1. The molecule has 0 bridgehead atoms. The standard InChI is InChI=1S/C15H22ClN3O3/c1-3-22-15(21)12-4-6-18(7-5-12)14(20)11(2)9-19-10-13(16)8-17-19/h8,10-12H,3-7,9H2,1-2H3/t11-/m0/s1. The van der Waals surface area contributed by atoms with Crippen molar-refractivity contribution in [2.75, 3.05) is 19.7 Å². The van der Waals surface area contributed by atoms with Crippen molar-refractivity contribution in [3.63, 3.8) is 0 Å². The zero-order valence-electron chi connectivity index (χ0n) is 13.0. The van der Waals surface area contributed by atoms with E-state index in [0.29, 0.717) is 44.1 Å². The topological polar surface area (TPSA) is 64.4 Å². The van der Waals surface area contributed by atoms with Crippen molar-refractivity contribution >= 4 is 23.5 Å². The molecule has 0 aromatic carbocycles. The Bertz CT molecular complexity index is 524. The molecule has 2 heterocycles. The molecule has 1 atom stereocenters. The minimum absolute atomic E-state index is 0.0794. The fraction of sp³-hybridized carbons (Fsp3) is 0.667. The van der Waals surface area contributed by atoms with Gasteiger partial charge in [-0.2, -0.15) is 5.10 Å². The van der Waals surface area contributed by atoms with Crippen LogP contribution in [0.3, 0.4) is 0 Å². The van der Waals surface area contributed by atoms with E-state index in [1.807, 2.05) is 11.8 Å². The largest absolute Gasteiger partial charge is 0.466 e. The molecule has 1 aromatic rings. The second-order valence-corrected chi connectivity index (χ2v) is 6.07. The molecule has 1 amide bonds. The predicted octanol–water partition coefficient (Wildman–Crippen LogP) is 1.97. The maximum Gasteiger partial charge on any atom is 0.309 e. The quantitative estimate of drug-likeness (QED) is 0.776. The summed E-state index contributed by atoms with van der Waals surface area (Å²) in [5.74, 6) is -0.304. The van der Waals surface area contributed by atoms with Crippen LogP contribution < -0.4 is 0 Å². The first-order valence-electron chi connectivity index (χ1n) is 7.64. The summed E-state index contributed by atoms with van der Waals surface area (Å²) < 4.78 is 6.72. The molecule has 0 unspecified atom stereocenters. The number of piperidine rings is 1. The molecule has 0 N–H and O–H groups in total. The second-order valence-electron chi connectivity index (χ2n) is 5.63. The van der Waals surface area contributed by atoms with Crippen molar-refractivity contribution in [1.29, 1.82) is 0 Å². The van der Waals surface area contributed by atoms with Crippen LogP contribution in [0.2, 0.25) is 5.02 Å². The zero-order chi connectivity index (χ0) is 16.1. The maximum absolute atomic E-state index is 12.4. The number of rotatable bonds is 5. The van der Waals surface area contributed by atoms with Crippen LogP contribution in [0.1, 0.15) is 26.7 Å². The number of aromatic nitrogens is 2. The molecule has 122 valence electrons. The Morgan fingerprint density at radius 2 is 2.14 bits per heavy atom. The second kappa shape index (κ2) is 7.63. The third-order valence-corrected chi connectivity index (χ3v) is 4.11. The smallest absolute Gasteiger partial charge is 0.309 e. The number of hydrogen-bond donors (Lipinski definition) is 0. The van der Waals surface area contributed by atoms with Gasteiger partial charge in [0.25, 0.3) is 0 Å². The van der Waals surface area contributed by atoms with Crippen LogP contribution in [0, 0.1) is 11.8 Å². The molecule has 22 heavy (non-hydrogen) atoms. The van der Waals surface area contributed by atoms with Crippen molar-refractivity contribution in [3.8, 4) is 0 Å². The normalized spacial score (nSPS) is 17.3. The Morgan fingerprint density at radius 3 is 2.68 bits per heavy atom. The molecule has 6 nitrogen and oxygen atoms in total. The number of carbonyl (C=O) groups is 2. The van der Waals surface area contributed by atoms with E-state index in [4.69, 9.17) is 16.3 Å². The number of ether oxygens (including phenoxy) is 1. The Balaban J connectivity index is 1.82. The molecule has 1 saturated heterocycles. The van der Waals surface area contributed by atoms with Crippen LogP contribution in [-0.2, 0) is 20.9 Å². The van der Waals surface area contributed by atoms with Gasteiger partial charge in [-0.15, -0.1) is 0 Å². The van der Waals surface area contributed by atoms with Gasteiger partial charge >= 0.3 is 5.97 Å². The number of carbonyl (C=O) groups excluding carboxylic acids is 2. The predicted molar refractivity (Wildman–Crippen MR) is 82.3 cm³/mol. The van der Waals surface area contributed by atoms with E-state index >= 15 is 0 Å². The molecular formula is C15H22ClN3O3. The molecule has 0 radical (unpaired) electrons. The van der Waals surface area contributed by atoms with E-state index in [0.717, 1.165) is 0 Å². The highest BCUT2D eigenvalue weighted by molar-refractivity contribution is 6.30. The summed E-state index contributed by atoms with van der Waals surface area (Å²) >= 11 is 5.82. The third-order valence-electron chi connectivity index (χ3n) is 3.91. The van der Waals surface area contributed by atoms with Gasteiger partial charge in [-0.1, -0.05) is 18.5 Å². The highest BCUT2D eigenvalue weighted by atomic mass is 35.5. The Morgan fingerprint density at radius 1 is 1.45 bits per heavy atom. The lowest BCUT2D eigenvalue weighted by Gasteiger charge is -2.32. The average Bonchev–Trinajstić information content (AvgIpc) is 2.92. The average molecular weight is 328 g/mol. The molecule has 0 aliphatic carbocycles. The summed E-state index contributed by atoms with van der Waals surface area (Å²) in [6, 6.07) is 0. The fourth-order valence-corrected chi connectivity index (χ4v) is 2.86. The Labute approximate surface area is 135 Å². The van der Waals surface area contributed by atoms with Gasteiger partial charge in [0.15, 0.2) is 0 Å². The molecule has 7 heteroatoms. The molecule has 2 rings (SSSR count). The first kappa shape index (κ1) is 16.8. The van der Waals surface area contributed by atoms with Crippen molar-refractivity contribution in [2.24, 2.45) is 11.8 Å². The first-order valence-corrected chi connectivity index (χ1v) is 8.02. The summed E-state index contributed by atoms with van der Waals surface area (Å²) in [5.41, 5.74) is 0. The van der Waals surface area contributed by atoms with Gasteiger partial charge in [0.1, 0.15) is 0 Å². The molecule has 0 saturated carbocycles. The molecular weight excluding hydrogens is 306 g/mol. The van der Waals surface area contributed by atoms with E-state index in [1.165, 1.54) is 0 Å². The van der Waals surface area contributed by atoms with E-state index in [9.17, 15) is 9.59 Å². The van der Waals surface area contributed by atoms with Crippen LogP contribution in [-0.4, -0.2) is 46.3 Å². The van der Waals surface area contributed by atoms with Crippen LogP contribution in [0.5, 0.6) is 0 Å². The lowest BCUT2D eigenvalue weighted by Crippen LogP contribution is -2.43. The molecule has 1 aromatic heterocycles. The number of nitrogens with zero attached hydrogens (tertiary/aromatic N) is 3. The SMILES string of the molecule is CCOC(=O)C1CCN(C(=O)[C@@H](C)Cn2cc(Cl)cn2)CC1. The van der Waals surface area contributed by atoms with Gasteiger partial charge in [0.05, 0.1) is 36.2 Å². The van der Waals surface area contributed by atoms with Crippen molar-refractivity contribution < 1.29 is 14.3 Å². The van der Waals surface area contributed by atoms with E-state index in [2.05, 4.69) is 5.10 Å². The number of amides is 1. The summed E-state index contributed by atoms with van der Waals surface area (Å²) in [4.78, 5) is 26.0. The lowest BCUT2D eigenvalue weighted by atomic mass is 9.96. The minimum atomic E-state index is -0.171. The summed E-state index contributed by atoms with van der Waals surface area (Å²) in [7, 11) is 0. The zero-order valence-corrected chi connectivity index (χ0v) is 13.8. The van der Waals surface area contributed by atoms with Gasteiger partial charge < -0.3 is 9.64 Å². The lowest BCUT2D eigenvalue weighted by molar-refractivity contribution is -0.151. The molecule has 1 fully saturated rings. The fourth-order valence-electron chi connectivity index (χ4n) is 2.70. The van der Waals surface area contributed by atoms with Crippen LogP contribution in [0.4, 0.5) is 0 Å². The Hall–Kier alpha value is -1.56. The van der Waals surface area contributed by atoms with Gasteiger partial charge in [0, 0.05) is 19.3 Å². The van der Waals surface area contributed by atoms with Crippen LogP contribution >= 0.6 is 11.6 Å². The van der Waals surface area contributed by atoms with Crippen molar-refractivity contribution in [3.05, 3.63) is 17.4 Å². The molecule has 0 spiro atoms. The highest BCUT2D eigenvalue weighted by Crippen LogP contribution is 2.20. The van der Waals surface area contributed by atoms with Gasteiger partial charge in [0.2, 0.25) is 5.91 Å². The molecule has 1 aliphatic heterocycles. The third kappa shape index (κ3) is 4.22. The van der Waals surface area contributed by atoms with Crippen molar-refractivity contribution in [2.45, 2.75) is 33.2 Å².